The summed E-state index contributed by atoms with van der Waals surface area (Å²) >= 11 is 3.39. The van der Waals surface area contributed by atoms with Crippen LogP contribution in [-0.2, 0) is 9.53 Å². The number of carbonyl (C=O) groups excluding carboxylic acids is 2. The molecular weight excluding hydrogens is 324 g/mol. The number of aldehydes is 1. The van der Waals surface area contributed by atoms with E-state index in [0.29, 0.717) is 31.0 Å². The number of hydrogen-bond acceptors (Lipinski definition) is 4. The van der Waals surface area contributed by atoms with E-state index in [1.54, 1.807) is 12.1 Å². The number of amides is 1. The fourth-order valence-electron chi connectivity index (χ4n) is 2.06. The number of carbonyl (C=O) groups is 2. The van der Waals surface area contributed by atoms with Crippen LogP contribution in [0.3, 0.4) is 0 Å². The molecule has 0 bridgehead atoms. The van der Waals surface area contributed by atoms with Crippen LogP contribution in [0.1, 0.15) is 15.9 Å². The van der Waals surface area contributed by atoms with E-state index >= 15 is 0 Å². The molecule has 20 heavy (non-hydrogen) atoms. The zero-order chi connectivity index (χ0) is 14.5. The van der Waals surface area contributed by atoms with Crippen molar-refractivity contribution in [3.05, 3.63) is 27.7 Å². The largest absolute Gasteiger partial charge is 0.379 e. The Hall–Kier alpha value is -1.24. The first-order valence-electron chi connectivity index (χ1n) is 6.45. The molecule has 1 aliphatic rings. The predicted molar refractivity (Wildman–Crippen MR) is 80.2 cm³/mol. The molecule has 0 aromatic heterocycles. The highest BCUT2D eigenvalue weighted by Gasteiger charge is 2.14. The summed E-state index contributed by atoms with van der Waals surface area (Å²) in [5.74, 6) is -0.0838. The Morgan fingerprint density at radius 3 is 2.80 bits per heavy atom. The molecule has 2 rings (SSSR count). The summed E-state index contributed by atoms with van der Waals surface area (Å²) in [6.07, 6.45) is 0.789. The van der Waals surface area contributed by atoms with E-state index in [1.807, 2.05) is 11.8 Å². The Morgan fingerprint density at radius 1 is 1.45 bits per heavy atom. The van der Waals surface area contributed by atoms with Crippen LogP contribution < -0.4 is 5.32 Å². The highest BCUT2D eigenvalue weighted by molar-refractivity contribution is 9.10. The maximum Gasteiger partial charge on any atom is 0.238 e. The predicted octanol–water partition coefficient (Wildman–Crippen LogP) is 1.84. The zero-order valence-corrected chi connectivity index (χ0v) is 12.9. The minimum absolute atomic E-state index is 0.0838. The standard InChI is InChI=1S/C14H17BrN2O3/c1-10-11(9-18)6-12(7-13(10)15)16-14(19)8-17-2-4-20-5-3-17/h6-7,9H,2-5,8H2,1H3,(H,16,19). The summed E-state index contributed by atoms with van der Waals surface area (Å²) in [5, 5.41) is 2.82. The van der Waals surface area contributed by atoms with Crippen LogP contribution in [0.5, 0.6) is 0 Å². The first-order chi connectivity index (χ1) is 9.60. The second-order valence-electron chi connectivity index (χ2n) is 4.73. The monoisotopic (exact) mass is 340 g/mol. The molecule has 1 heterocycles. The van der Waals surface area contributed by atoms with Crippen LogP contribution >= 0.6 is 15.9 Å². The van der Waals surface area contributed by atoms with Crippen LogP contribution in [0.4, 0.5) is 5.69 Å². The van der Waals surface area contributed by atoms with Crippen molar-refractivity contribution in [3.8, 4) is 0 Å². The lowest BCUT2D eigenvalue weighted by atomic mass is 10.1. The van der Waals surface area contributed by atoms with Gasteiger partial charge in [-0.1, -0.05) is 15.9 Å². The highest BCUT2D eigenvalue weighted by atomic mass is 79.9. The van der Waals surface area contributed by atoms with Gasteiger partial charge in [-0.05, 0) is 24.6 Å². The molecule has 1 amide bonds. The molecular formula is C14H17BrN2O3. The summed E-state index contributed by atoms with van der Waals surface area (Å²) in [6.45, 7) is 5.06. The zero-order valence-electron chi connectivity index (χ0n) is 11.3. The minimum atomic E-state index is -0.0838. The number of morpholine rings is 1. The van der Waals surface area contributed by atoms with E-state index in [1.165, 1.54) is 0 Å². The van der Waals surface area contributed by atoms with E-state index in [9.17, 15) is 9.59 Å². The lowest BCUT2D eigenvalue weighted by Gasteiger charge is -2.25. The van der Waals surface area contributed by atoms with Gasteiger partial charge in [-0.25, -0.2) is 0 Å². The molecule has 0 spiro atoms. The topological polar surface area (TPSA) is 58.6 Å². The Bertz CT molecular complexity index is 513. The van der Waals surface area contributed by atoms with Crippen molar-refractivity contribution in [2.24, 2.45) is 0 Å². The van der Waals surface area contributed by atoms with Gasteiger partial charge in [0.25, 0.3) is 0 Å². The van der Waals surface area contributed by atoms with Crippen molar-refractivity contribution in [1.29, 1.82) is 0 Å². The van der Waals surface area contributed by atoms with Gasteiger partial charge in [-0.2, -0.15) is 0 Å². The molecule has 0 atom stereocenters. The van der Waals surface area contributed by atoms with Crippen molar-refractivity contribution >= 4 is 33.8 Å². The van der Waals surface area contributed by atoms with E-state index in [0.717, 1.165) is 29.4 Å². The van der Waals surface area contributed by atoms with Crippen molar-refractivity contribution in [3.63, 3.8) is 0 Å². The second-order valence-corrected chi connectivity index (χ2v) is 5.58. The fraction of sp³-hybridized carbons (Fsp3) is 0.429. The third-order valence-electron chi connectivity index (χ3n) is 3.27. The molecule has 0 unspecified atom stereocenters. The highest BCUT2D eigenvalue weighted by Crippen LogP contribution is 2.24. The van der Waals surface area contributed by atoms with Gasteiger partial charge < -0.3 is 10.1 Å². The van der Waals surface area contributed by atoms with Gasteiger partial charge in [-0.15, -0.1) is 0 Å². The number of hydrogen-bond donors (Lipinski definition) is 1. The number of anilines is 1. The minimum Gasteiger partial charge on any atom is -0.379 e. The summed E-state index contributed by atoms with van der Waals surface area (Å²) < 4.78 is 6.05. The summed E-state index contributed by atoms with van der Waals surface area (Å²) in [7, 11) is 0. The molecule has 1 fully saturated rings. The van der Waals surface area contributed by atoms with Crippen LogP contribution in [0.15, 0.2) is 16.6 Å². The van der Waals surface area contributed by atoms with Gasteiger partial charge >= 0.3 is 0 Å². The molecule has 5 nitrogen and oxygen atoms in total. The summed E-state index contributed by atoms with van der Waals surface area (Å²) in [5.41, 5.74) is 2.06. The first kappa shape index (κ1) is 15.2. The summed E-state index contributed by atoms with van der Waals surface area (Å²) in [4.78, 5) is 25.0. The third kappa shape index (κ3) is 3.88. The van der Waals surface area contributed by atoms with Crippen molar-refractivity contribution in [2.45, 2.75) is 6.92 Å². The van der Waals surface area contributed by atoms with E-state index in [4.69, 9.17) is 4.74 Å². The van der Waals surface area contributed by atoms with Crippen molar-refractivity contribution in [2.75, 3.05) is 38.2 Å². The Labute approximate surface area is 126 Å². The molecule has 0 saturated carbocycles. The Kier molecular flexibility index (Phi) is 5.28. The van der Waals surface area contributed by atoms with Gasteiger partial charge in [0.1, 0.15) is 6.29 Å². The van der Waals surface area contributed by atoms with Crippen molar-refractivity contribution in [1.82, 2.24) is 4.90 Å². The molecule has 0 radical (unpaired) electrons. The third-order valence-corrected chi connectivity index (χ3v) is 4.09. The number of nitrogens with one attached hydrogen (secondary N) is 1. The quantitative estimate of drug-likeness (QED) is 0.849. The number of halogens is 1. The molecule has 6 heteroatoms. The lowest BCUT2D eigenvalue weighted by Crippen LogP contribution is -2.41. The number of ether oxygens (including phenoxy) is 1. The molecule has 1 aromatic rings. The van der Waals surface area contributed by atoms with E-state index < -0.39 is 0 Å². The normalized spacial score (nSPS) is 15.9. The smallest absolute Gasteiger partial charge is 0.238 e. The lowest BCUT2D eigenvalue weighted by molar-refractivity contribution is -0.118. The molecule has 1 saturated heterocycles. The van der Waals surface area contributed by atoms with Gasteiger partial charge in [-0.3, -0.25) is 14.5 Å². The Balaban J connectivity index is 2.00. The van der Waals surface area contributed by atoms with Crippen molar-refractivity contribution < 1.29 is 14.3 Å². The molecule has 1 N–H and O–H groups in total. The number of nitrogens with zero attached hydrogens (tertiary/aromatic N) is 1. The molecule has 1 aromatic carbocycles. The van der Waals surface area contributed by atoms with Crippen LogP contribution in [0.2, 0.25) is 0 Å². The first-order valence-corrected chi connectivity index (χ1v) is 7.24. The molecule has 108 valence electrons. The van der Waals surface area contributed by atoms with Gasteiger partial charge in [0.05, 0.1) is 19.8 Å². The van der Waals surface area contributed by atoms with Crippen LogP contribution in [0, 0.1) is 6.92 Å². The Morgan fingerprint density at radius 2 is 2.15 bits per heavy atom. The number of benzene rings is 1. The maximum absolute atomic E-state index is 12.0. The molecule has 0 aliphatic carbocycles. The van der Waals surface area contributed by atoms with Gasteiger partial charge in [0.15, 0.2) is 0 Å². The SMILES string of the molecule is Cc1c(Br)cc(NC(=O)CN2CCOCC2)cc1C=O. The number of rotatable bonds is 4. The van der Waals surface area contributed by atoms with Crippen LogP contribution in [0.25, 0.3) is 0 Å². The fourth-order valence-corrected chi connectivity index (χ4v) is 2.53. The van der Waals surface area contributed by atoms with E-state index in [2.05, 4.69) is 21.2 Å². The molecule has 1 aliphatic heterocycles. The average Bonchev–Trinajstić information content (AvgIpc) is 2.43. The van der Waals surface area contributed by atoms with Crippen LogP contribution in [-0.4, -0.2) is 49.9 Å². The summed E-state index contributed by atoms with van der Waals surface area (Å²) in [6, 6.07) is 3.49. The second kappa shape index (κ2) is 6.97. The van der Waals surface area contributed by atoms with Gasteiger partial charge in [0, 0.05) is 28.8 Å². The van der Waals surface area contributed by atoms with E-state index in [-0.39, 0.29) is 5.91 Å². The van der Waals surface area contributed by atoms with Gasteiger partial charge in [0.2, 0.25) is 5.91 Å². The maximum atomic E-state index is 12.0. The average molecular weight is 341 g/mol.